The number of nitrogens with zero attached hydrogens (tertiary/aromatic N) is 1. The molecule has 18 heavy (non-hydrogen) atoms. The number of benzene rings is 1. The summed E-state index contributed by atoms with van der Waals surface area (Å²) in [5, 5.41) is 11.5. The van der Waals surface area contributed by atoms with Crippen LogP contribution in [0.15, 0.2) is 42.7 Å². The highest BCUT2D eigenvalue weighted by atomic mass is 19.1. The average molecular weight is 246 g/mol. The summed E-state index contributed by atoms with van der Waals surface area (Å²) in [5.74, 6) is -1.22. The van der Waals surface area contributed by atoms with Gasteiger partial charge in [0.15, 0.2) is 5.82 Å². The van der Waals surface area contributed by atoms with Gasteiger partial charge in [-0.25, -0.2) is 4.39 Å². The van der Waals surface area contributed by atoms with E-state index in [1.807, 2.05) is 0 Å². The van der Waals surface area contributed by atoms with Crippen molar-refractivity contribution < 1.29 is 14.3 Å². The van der Waals surface area contributed by atoms with E-state index < -0.39 is 11.7 Å². The number of anilines is 1. The van der Waals surface area contributed by atoms with E-state index in [1.54, 1.807) is 24.3 Å². The number of nitrogens with one attached hydrogen (secondary N) is 1. The van der Waals surface area contributed by atoms with Crippen LogP contribution in [0.25, 0.3) is 0 Å². The molecule has 0 bridgehead atoms. The molecule has 0 aliphatic heterocycles. The van der Waals surface area contributed by atoms with Crippen LogP contribution in [0.5, 0.6) is 0 Å². The second kappa shape index (κ2) is 5.37. The molecule has 4 nitrogen and oxygen atoms in total. The number of rotatable bonds is 3. The van der Waals surface area contributed by atoms with E-state index >= 15 is 0 Å². The van der Waals surface area contributed by atoms with Gasteiger partial charge in [0.05, 0.1) is 18.4 Å². The number of hydrogen-bond donors (Lipinski definition) is 2. The lowest BCUT2D eigenvalue weighted by Crippen LogP contribution is -2.14. The molecule has 0 radical (unpaired) electrons. The summed E-state index contributed by atoms with van der Waals surface area (Å²) in [7, 11) is 0. The number of carbonyl (C=O) groups is 1. The predicted octanol–water partition coefficient (Wildman–Crippen LogP) is 1.97. The Balaban J connectivity index is 2.19. The molecule has 2 rings (SSSR count). The maximum atomic E-state index is 13.3. The normalized spacial score (nSPS) is 10.1. The Hall–Kier alpha value is -2.27. The summed E-state index contributed by atoms with van der Waals surface area (Å²) in [6.07, 6.45) is 2.33. The molecule has 0 fully saturated rings. The number of aliphatic hydroxyl groups excluding tert-OH is 1. The number of amides is 1. The van der Waals surface area contributed by atoms with Gasteiger partial charge in [-0.1, -0.05) is 12.1 Å². The van der Waals surface area contributed by atoms with Gasteiger partial charge >= 0.3 is 0 Å². The maximum absolute atomic E-state index is 13.3. The van der Waals surface area contributed by atoms with Gasteiger partial charge in [0.2, 0.25) is 0 Å². The van der Waals surface area contributed by atoms with Crippen LogP contribution in [0.1, 0.15) is 15.9 Å². The van der Waals surface area contributed by atoms with Gasteiger partial charge < -0.3 is 10.4 Å². The highest BCUT2D eigenvalue weighted by Crippen LogP contribution is 2.13. The minimum absolute atomic E-state index is 0.0700. The summed E-state index contributed by atoms with van der Waals surface area (Å²) in [6, 6.07) is 8.01. The minimum Gasteiger partial charge on any atom is -0.392 e. The molecule has 0 unspecified atom stereocenters. The predicted molar refractivity (Wildman–Crippen MR) is 64.5 cm³/mol. The molecule has 92 valence electrons. The van der Waals surface area contributed by atoms with Gasteiger partial charge in [-0.05, 0) is 23.8 Å². The first kappa shape index (κ1) is 12.2. The molecule has 2 aromatic rings. The Morgan fingerprint density at radius 3 is 2.94 bits per heavy atom. The molecule has 0 saturated carbocycles. The van der Waals surface area contributed by atoms with Crippen molar-refractivity contribution in [3.8, 4) is 0 Å². The van der Waals surface area contributed by atoms with E-state index in [9.17, 15) is 9.18 Å². The van der Waals surface area contributed by atoms with E-state index in [-0.39, 0.29) is 12.2 Å². The highest BCUT2D eigenvalue weighted by Gasteiger charge is 2.11. The van der Waals surface area contributed by atoms with Crippen molar-refractivity contribution in [2.24, 2.45) is 0 Å². The number of aliphatic hydroxyl groups is 1. The molecule has 0 atom stereocenters. The smallest absolute Gasteiger partial charge is 0.258 e. The SMILES string of the molecule is O=C(Nc1cccc(CO)c1)c1ccncc1F. The lowest BCUT2D eigenvalue weighted by molar-refractivity contribution is 0.102. The standard InChI is InChI=1S/C13H11FN2O2/c14-12-7-15-5-4-11(12)13(18)16-10-3-1-2-9(6-10)8-17/h1-7,17H,8H2,(H,16,18). The number of carbonyl (C=O) groups excluding carboxylic acids is 1. The van der Waals surface area contributed by atoms with Gasteiger partial charge in [-0.2, -0.15) is 0 Å². The third-order valence-electron chi connectivity index (χ3n) is 2.38. The number of pyridine rings is 1. The second-order valence-electron chi connectivity index (χ2n) is 3.67. The van der Waals surface area contributed by atoms with Crippen LogP contribution in [-0.2, 0) is 6.61 Å². The molecule has 1 heterocycles. The molecular formula is C13H11FN2O2. The van der Waals surface area contributed by atoms with Crippen molar-refractivity contribution >= 4 is 11.6 Å². The Labute approximate surface area is 103 Å². The van der Waals surface area contributed by atoms with Crippen LogP contribution in [0.4, 0.5) is 10.1 Å². The van der Waals surface area contributed by atoms with Crippen molar-refractivity contribution in [3.63, 3.8) is 0 Å². The van der Waals surface area contributed by atoms with E-state index in [1.165, 1.54) is 12.3 Å². The van der Waals surface area contributed by atoms with Gasteiger partial charge in [0, 0.05) is 11.9 Å². The molecule has 0 saturated heterocycles. The van der Waals surface area contributed by atoms with Gasteiger partial charge in [-0.3, -0.25) is 9.78 Å². The molecule has 0 aliphatic rings. The monoisotopic (exact) mass is 246 g/mol. The number of aromatic nitrogens is 1. The van der Waals surface area contributed by atoms with Crippen LogP contribution < -0.4 is 5.32 Å². The fraction of sp³-hybridized carbons (Fsp3) is 0.0769. The zero-order chi connectivity index (χ0) is 13.0. The molecule has 1 aromatic carbocycles. The van der Waals surface area contributed by atoms with Crippen molar-refractivity contribution in [2.75, 3.05) is 5.32 Å². The van der Waals surface area contributed by atoms with Crippen LogP contribution in [0, 0.1) is 5.82 Å². The summed E-state index contributed by atoms with van der Waals surface area (Å²) in [5.41, 5.74) is 1.10. The first-order chi connectivity index (χ1) is 8.70. The van der Waals surface area contributed by atoms with Crippen molar-refractivity contribution in [1.82, 2.24) is 4.98 Å². The first-order valence-corrected chi connectivity index (χ1v) is 5.31. The zero-order valence-electron chi connectivity index (χ0n) is 9.43. The second-order valence-corrected chi connectivity index (χ2v) is 3.67. The molecule has 0 spiro atoms. The summed E-state index contributed by atoms with van der Waals surface area (Å²) in [6.45, 7) is -0.118. The molecule has 0 aliphatic carbocycles. The Morgan fingerprint density at radius 1 is 1.39 bits per heavy atom. The lowest BCUT2D eigenvalue weighted by Gasteiger charge is -2.06. The Bertz CT molecular complexity index is 572. The van der Waals surface area contributed by atoms with Gasteiger partial charge in [0.25, 0.3) is 5.91 Å². The largest absolute Gasteiger partial charge is 0.392 e. The summed E-state index contributed by atoms with van der Waals surface area (Å²) >= 11 is 0. The molecular weight excluding hydrogens is 235 g/mol. The third-order valence-corrected chi connectivity index (χ3v) is 2.38. The van der Waals surface area contributed by atoms with E-state index in [4.69, 9.17) is 5.11 Å². The third kappa shape index (κ3) is 2.70. The van der Waals surface area contributed by atoms with Crippen molar-refractivity contribution in [3.05, 3.63) is 59.7 Å². The fourth-order valence-electron chi connectivity index (χ4n) is 1.51. The number of hydrogen-bond acceptors (Lipinski definition) is 3. The number of halogens is 1. The summed E-state index contributed by atoms with van der Waals surface area (Å²) in [4.78, 5) is 15.4. The van der Waals surface area contributed by atoms with Gasteiger partial charge in [-0.15, -0.1) is 0 Å². The van der Waals surface area contributed by atoms with E-state index in [0.717, 1.165) is 6.20 Å². The molecule has 1 aromatic heterocycles. The van der Waals surface area contributed by atoms with E-state index in [2.05, 4.69) is 10.3 Å². The van der Waals surface area contributed by atoms with Crippen molar-refractivity contribution in [2.45, 2.75) is 6.61 Å². The molecule has 5 heteroatoms. The van der Waals surface area contributed by atoms with E-state index in [0.29, 0.717) is 11.3 Å². The van der Waals surface area contributed by atoms with Crippen LogP contribution in [-0.4, -0.2) is 16.0 Å². The maximum Gasteiger partial charge on any atom is 0.258 e. The zero-order valence-corrected chi connectivity index (χ0v) is 9.43. The fourth-order valence-corrected chi connectivity index (χ4v) is 1.51. The quantitative estimate of drug-likeness (QED) is 0.870. The van der Waals surface area contributed by atoms with Crippen molar-refractivity contribution in [1.29, 1.82) is 0 Å². The summed E-state index contributed by atoms with van der Waals surface area (Å²) < 4.78 is 13.3. The molecule has 2 N–H and O–H groups in total. The molecule has 1 amide bonds. The van der Waals surface area contributed by atoms with Crippen LogP contribution in [0.2, 0.25) is 0 Å². The topological polar surface area (TPSA) is 62.2 Å². The minimum atomic E-state index is -0.673. The first-order valence-electron chi connectivity index (χ1n) is 5.31. The Morgan fingerprint density at radius 2 is 2.22 bits per heavy atom. The highest BCUT2D eigenvalue weighted by molar-refractivity contribution is 6.04. The van der Waals surface area contributed by atoms with Gasteiger partial charge in [0.1, 0.15) is 0 Å². The Kier molecular flexibility index (Phi) is 3.64. The lowest BCUT2D eigenvalue weighted by atomic mass is 10.2. The van der Waals surface area contributed by atoms with Crippen LogP contribution >= 0.6 is 0 Å². The van der Waals surface area contributed by atoms with Crippen LogP contribution in [0.3, 0.4) is 0 Å². The average Bonchev–Trinajstić information content (AvgIpc) is 2.39.